The molecule has 2 fully saturated rings. The van der Waals surface area contributed by atoms with Crippen LogP contribution in [0, 0.1) is 5.92 Å². The molecule has 104 valence electrons. The number of aliphatic hydroxyl groups excluding tert-OH is 1. The molecule has 0 bridgehead atoms. The Hall–Kier alpha value is -1.47. The van der Waals surface area contributed by atoms with Gasteiger partial charge < -0.3 is 15.7 Å². The van der Waals surface area contributed by atoms with Crippen LogP contribution in [-0.2, 0) is 0 Å². The van der Waals surface area contributed by atoms with E-state index < -0.39 is 0 Å². The van der Waals surface area contributed by atoms with Gasteiger partial charge in [0.25, 0.3) is 5.91 Å². The molecule has 1 aliphatic heterocycles. The van der Waals surface area contributed by atoms with Crippen LogP contribution in [-0.4, -0.2) is 51.7 Å². The number of carbonyl (C=O) groups is 1. The second kappa shape index (κ2) is 5.26. The van der Waals surface area contributed by atoms with Crippen molar-refractivity contribution in [2.45, 2.75) is 31.4 Å². The summed E-state index contributed by atoms with van der Waals surface area (Å²) in [6.07, 6.45) is 4.25. The second-order valence-corrected chi connectivity index (χ2v) is 5.36. The lowest BCUT2D eigenvalue weighted by Gasteiger charge is -2.26. The molecule has 1 aromatic rings. The number of hydrogen-bond acceptors (Lipinski definition) is 5. The number of hydrogen-bond donors (Lipinski definition) is 3. The summed E-state index contributed by atoms with van der Waals surface area (Å²) < 4.78 is 1.73. The summed E-state index contributed by atoms with van der Waals surface area (Å²) in [4.78, 5) is 11.9. The van der Waals surface area contributed by atoms with Crippen LogP contribution in [0.4, 0.5) is 0 Å². The SMILES string of the molecule is O=C(NCC1CCCC1O)c1cn(C2CNC2)nn1. The lowest BCUT2D eigenvalue weighted by atomic mass is 10.1. The van der Waals surface area contributed by atoms with Gasteiger partial charge in [-0.3, -0.25) is 4.79 Å². The Morgan fingerprint density at radius 3 is 3.00 bits per heavy atom. The summed E-state index contributed by atoms with van der Waals surface area (Å²) in [5.41, 5.74) is 0.347. The quantitative estimate of drug-likeness (QED) is 0.670. The second-order valence-electron chi connectivity index (χ2n) is 5.36. The van der Waals surface area contributed by atoms with Crippen LogP contribution >= 0.6 is 0 Å². The van der Waals surface area contributed by atoms with Gasteiger partial charge in [-0.2, -0.15) is 0 Å². The van der Waals surface area contributed by atoms with Gasteiger partial charge in [0.15, 0.2) is 5.69 Å². The molecule has 0 aromatic carbocycles. The van der Waals surface area contributed by atoms with Crippen LogP contribution in [0.2, 0.25) is 0 Å². The van der Waals surface area contributed by atoms with Gasteiger partial charge in [0.1, 0.15) is 0 Å². The normalized spacial score (nSPS) is 27.2. The van der Waals surface area contributed by atoms with Crippen LogP contribution in [0.5, 0.6) is 0 Å². The van der Waals surface area contributed by atoms with E-state index in [4.69, 9.17) is 0 Å². The maximum atomic E-state index is 11.9. The summed E-state index contributed by atoms with van der Waals surface area (Å²) in [7, 11) is 0. The van der Waals surface area contributed by atoms with Crippen LogP contribution in [0.3, 0.4) is 0 Å². The average molecular weight is 265 g/mol. The maximum absolute atomic E-state index is 11.9. The van der Waals surface area contributed by atoms with Crippen LogP contribution < -0.4 is 10.6 Å². The van der Waals surface area contributed by atoms with Gasteiger partial charge in [-0.1, -0.05) is 11.6 Å². The molecule has 2 aliphatic rings. The van der Waals surface area contributed by atoms with Crippen molar-refractivity contribution in [3.63, 3.8) is 0 Å². The van der Waals surface area contributed by atoms with Gasteiger partial charge in [-0.05, 0) is 12.8 Å². The van der Waals surface area contributed by atoms with Crippen LogP contribution in [0.1, 0.15) is 35.8 Å². The Labute approximate surface area is 111 Å². The minimum absolute atomic E-state index is 0.176. The monoisotopic (exact) mass is 265 g/mol. The molecule has 1 aromatic heterocycles. The Kier molecular flexibility index (Phi) is 3.48. The van der Waals surface area contributed by atoms with E-state index in [0.29, 0.717) is 18.3 Å². The first-order valence-electron chi connectivity index (χ1n) is 6.83. The molecule has 1 aliphatic carbocycles. The Bertz CT molecular complexity index is 457. The lowest BCUT2D eigenvalue weighted by molar-refractivity contribution is 0.0912. The Morgan fingerprint density at radius 1 is 1.53 bits per heavy atom. The van der Waals surface area contributed by atoms with Gasteiger partial charge >= 0.3 is 0 Å². The minimum Gasteiger partial charge on any atom is -0.393 e. The van der Waals surface area contributed by atoms with Gasteiger partial charge in [0, 0.05) is 25.6 Å². The zero-order chi connectivity index (χ0) is 13.2. The van der Waals surface area contributed by atoms with E-state index in [9.17, 15) is 9.90 Å². The van der Waals surface area contributed by atoms with E-state index >= 15 is 0 Å². The first-order chi connectivity index (χ1) is 9.24. The number of rotatable bonds is 4. The summed E-state index contributed by atoms with van der Waals surface area (Å²) in [6, 6.07) is 0.311. The largest absolute Gasteiger partial charge is 0.393 e. The van der Waals surface area contributed by atoms with Crippen molar-refractivity contribution >= 4 is 5.91 Å². The average Bonchev–Trinajstić information content (AvgIpc) is 2.94. The first kappa shape index (κ1) is 12.6. The van der Waals surface area contributed by atoms with Crippen molar-refractivity contribution in [3.8, 4) is 0 Å². The maximum Gasteiger partial charge on any atom is 0.273 e. The summed E-state index contributed by atoms with van der Waals surface area (Å²) >= 11 is 0. The lowest BCUT2D eigenvalue weighted by Crippen LogP contribution is -2.43. The first-order valence-corrected chi connectivity index (χ1v) is 6.83. The summed E-state index contributed by atoms with van der Waals surface area (Å²) in [5, 5.41) is 23.5. The fraction of sp³-hybridized carbons (Fsp3) is 0.750. The van der Waals surface area contributed by atoms with Crippen molar-refractivity contribution in [3.05, 3.63) is 11.9 Å². The van der Waals surface area contributed by atoms with E-state index in [1.807, 2.05) is 0 Å². The van der Waals surface area contributed by atoms with Crippen molar-refractivity contribution in [2.24, 2.45) is 5.92 Å². The zero-order valence-electron chi connectivity index (χ0n) is 10.7. The fourth-order valence-electron chi connectivity index (χ4n) is 2.59. The number of amides is 1. The van der Waals surface area contributed by atoms with E-state index in [0.717, 1.165) is 32.4 Å². The molecular formula is C12H19N5O2. The highest BCUT2D eigenvalue weighted by Gasteiger charge is 2.26. The molecule has 3 N–H and O–H groups in total. The third kappa shape index (κ3) is 2.62. The molecule has 0 radical (unpaired) electrons. The zero-order valence-corrected chi connectivity index (χ0v) is 10.7. The Balaban J connectivity index is 1.53. The van der Waals surface area contributed by atoms with Crippen molar-refractivity contribution in [2.75, 3.05) is 19.6 Å². The molecule has 2 unspecified atom stereocenters. The van der Waals surface area contributed by atoms with Gasteiger partial charge in [0.05, 0.1) is 18.3 Å². The highest BCUT2D eigenvalue weighted by Crippen LogP contribution is 2.24. The molecule has 2 atom stereocenters. The number of carbonyl (C=O) groups excluding carboxylic acids is 1. The predicted octanol–water partition coefficient (Wildman–Crippen LogP) is -0.687. The number of aromatic nitrogens is 3. The number of nitrogens with zero attached hydrogens (tertiary/aromatic N) is 3. The van der Waals surface area contributed by atoms with Crippen molar-refractivity contribution < 1.29 is 9.90 Å². The fourth-order valence-corrected chi connectivity index (χ4v) is 2.59. The van der Waals surface area contributed by atoms with Crippen LogP contribution in [0.15, 0.2) is 6.20 Å². The molecule has 1 saturated heterocycles. The highest BCUT2D eigenvalue weighted by atomic mass is 16.3. The molecule has 1 saturated carbocycles. The smallest absolute Gasteiger partial charge is 0.273 e. The van der Waals surface area contributed by atoms with E-state index in [1.165, 1.54) is 0 Å². The third-order valence-electron chi connectivity index (χ3n) is 4.02. The van der Waals surface area contributed by atoms with Crippen LogP contribution in [0.25, 0.3) is 0 Å². The molecule has 0 spiro atoms. The predicted molar refractivity (Wildman–Crippen MR) is 67.6 cm³/mol. The molecule has 19 heavy (non-hydrogen) atoms. The van der Waals surface area contributed by atoms with Gasteiger partial charge in [0.2, 0.25) is 0 Å². The highest BCUT2D eigenvalue weighted by molar-refractivity contribution is 5.91. The molecule has 2 heterocycles. The molecular weight excluding hydrogens is 246 g/mol. The third-order valence-corrected chi connectivity index (χ3v) is 4.02. The molecule has 3 rings (SSSR count). The molecule has 7 nitrogen and oxygen atoms in total. The number of aliphatic hydroxyl groups is 1. The Morgan fingerprint density at radius 2 is 2.37 bits per heavy atom. The standard InChI is InChI=1S/C12H19N5O2/c18-11-3-1-2-8(11)4-14-12(19)10-7-17(16-15-10)9-5-13-6-9/h7-9,11,13,18H,1-6H2,(H,14,19). The minimum atomic E-state index is -0.281. The van der Waals surface area contributed by atoms with Gasteiger partial charge in [-0.25, -0.2) is 4.68 Å². The topological polar surface area (TPSA) is 92.1 Å². The van der Waals surface area contributed by atoms with Crippen molar-refractivity contribution in [1.82, 2.24) is 25.6 Å². The van der Waals surface area contributed by atoms with E-state index in [-0.39, 0.29) is 17.9 Å². The molecule has 7 heteroatoms. The van der Waals surface area contributed by atoms with Crippen molar-refractivity contribution in [1.29, 1.82) is 0 Å². The van der Waals surface area contributed by atoms with Gasteiger partial charge in [-0.15, -0.1) is 5.10 Å². The summed E-state index contributed by atoms with van der Waals surface area (Å²) in [5.74, 6) is -0.0348. The summed E-state index contributed by atoms with van der Waals surface area (Å²) in [6.45, 7) is 2.26. The van der Waals surface area contributed by atoms with E-state index in [2.05, 4.69) is 20.9 Å². The van der Waals surface area contributed by atoms with E-state index in [1.54, 1.807) is 10.9 Å². The number of nitrogens with one attached hydrogen (secondary N) is 2. The molecule has 1 amide bonds.